The van der Waals surface area contributed by atoms with E-state index < -0.39 is 20.0 Å². The highest BCUT2D eigenvalue weighted by Crippen LogP contribution is 2.34. The van der Waals surface area contributed by atoms with Crippen molar-refractivity contribution in [1.82, 2.24) is 5.32 Å². The largest absolute Gasteiger partial charge is 0.481 e. The lowest BCUT2D eigenvalue weighted by molar-refractivity contribution is 0.170. The first-order valence-corrected chi connectivity index (χ1v) is 10.3. The topological polar surface area (TPSA) is 99.0 Å². The van der Waals surface area contributed by atoms with Crippen molar-refractivity contribution < 1.29 is 24.2 Å². The summed E-state index contributed by atoms with van der Waals surface area (Å²) in [5.74, 6) is 0.411. The fourth-order valence-electron chi connectivity index (χ4n) is 2.45. The number of ether oxygens (including phenoxy) is 1. The smallest absolute Gasteiger partial charge is 0.362 e. The minimum absolute atomic E-state index is 0.130. The third-order valence-corrected chi connectivity index (χ3v) is 4.46. The molecule has 0 saturated carbocycles. The first-order valence-electron chi connectivity index (χ1n) is 8.16. The average molecular weight is 400 g/mol. The van der Waals surface area contributed by atoms with E-state index in [0.29, 0.717) is 17.3 Å². The monoisotopic (exact) mass is 399 g/mol. The molecule has 0 amide bonds. The highest BCUT2D eigenvalue weighted by molar-refractivity contribution is 7.51. The summed E-state index contributed by atoms with van der Waals surface area (Å²) in [7, 11) is -4.18. The van der Waals surface area contributed by atoms with Crippen LogP contribution in [-0.4, -0.2) is 33.8 Å². The summed E-state index contributed by atoms with van der Waals surface area (Å²) < 4.78 is 15.8. The second-order valence-electron chi connectivity index (χ2n) is 6.17. The van der Waals surface area contributed by atoms with Gasteiger partial charge in [0.2, 0.25) is 0 Å². The molecule has 8 heteroatoms. The zero-order valence-electron chi connectivity index (χ0n) is 14.4. The van der Waals surface area contributed by atoms with E-state index in [9.17, 15) is 9.67 Å². The van der Waals surface area contributed by atoms with Gasteiger partial charge in [-0.05, 0) is 48.7 Å². The summed E-state index contributed by atoms with van der Waals surface area (Å²) in [4.78, 5) is 17.6. The van der Waals surface area contributed by atoms with Gasteiger partial charge in [-0.3, -0.25) is 4.57 Å². The first kappa shape index (κ1) is 20.9. The second-order valence-corrected chi connectivity index (χ2v) is 8.19. The zero-order valence-corrected chi connectivity index (χ0v) is 16.0. The van der Waals surface area contributed by atoms with Gasteiger partial charge in [0.25, 0.3) is 0 Å². The van der Waals surface area contributed by atoms with E-state index in [1.165, 1.54) is 0 Å². The maximum Gasteiger partial charge on any atom is 0.362 e. The van der Waals surface area contributed by atoms with Crippen LogP contribution in [0.1, 0.15) is 24.2 Å². The van der Waals surface area contributed by atoms with Gasteiger partial charge in [-0.25, -0.2) is 0 Å². The van der Waals surface area contributed by atoms with E-state index in [2.05, 4.69) is 5.32 Å². The van der Waals surface area contributed by atoms with Crippen molar-refractivity contribution in [3.63, 3.8) is 0 Å². The Kier molecular flexibility index (Phi) is 7.65. The Morgan fingerprint density at radius 2 is 1.88 bits per heavy atom. The van der Waals surface area contributed by atoms with E-state index in [0.717, 1.165) is 17.5 Å². The highest BCUT2D eigenvalue weighted by Gasteiger charge is 2.14. The Morgan fingerprint density at radius 3 is 2.50 bits per heavy atom. The average Bonchev–Trinajstić information content (AvgIpc) is 2.58. The molecule has 0 aromatic heterocycles. The molecule has 142 valence electrons. The fraction of sp³-hybridized carbons (Fsp3) is 0.333. The van der Waals surface area contributed by atoms with E-state index >= 15 is 0 Å². The van der Waals surface area contributed by atoms with Crippen LogP contribution in [0.3, 0.4) is 0 Å². The lowest BCUT2D eigenvalue weighted by Gasteiger charge is -2.18. The molecule has 0 radical (unpaired) electrons. The Balaban J connectivity index is 1.80. The molecule has 4 N–H and O–H groups in total. The summed E-state index contributed by atoms with van der Waals surface area (Å²) in [5, 5.41) is 14.1. The molecule has 6 nitrogen and oxygen atoms in total. The van der Waals surface area contributed by atoms with Gasteiger partial charge in [-0.1, -0.05) is 35.9 Å². The molecular weight excluding hydrogens is 377 g/mol. The van der Waals surface area contributed by atoms with Gasteiger partial charge in [-0.15, -0.1) is 0 Å². The van der Waals surface area contributed by atoms with Crippen molar-refractivity contribution in [2.45, 2.75) is 25.5 Å². The molecule has 0 saturated heterocycles. The molecule has 2 rings (SSSR count). The molecule has 1 unspecified atom stereocenters. The van der Waals surface area contributed by atoms with Crippen molar-refractivity contribution >= 4 is 19.2 Å². The molecule has 0 aliphatic heterocycles. The minimum Gasteiger partial charge on any atom is -0.481 e. The van der Waals surface area contributed by atoms with Crippen LogP contribution < -0.4 is 10.1 Å². The molecule has 0 bridgehead atoms. The normalized spacial score (nSPS) is 14.0. The van der Waals surface area contributed by atoms with Crippen LogP contribution in [0.4, 0.5) is 0 Å². The lowest BCUT2D eigenvalue weighted by Crippen LogP contribution is -2.32. The number of aliphatic hydroxyl groups excluding tert-OH is 1. The van der Waals surface area contributed by atoms with Crippen LogP contribution in [0.5, 0.6) is 5.75 Å². The van der Waals surface area contributed by atoms with Gasteiger partial charge >= 0.3 is 7.60 Å². The summed E-state index contributed by atoms with van der Waals surface area (Å²) in [5.41, 5.74) is 1.81. The molecule has 26 heavy (non-hydrogen) atoms. The molecule has 0 fully saturated rings. The maximum atomic E-state index is 10.8. The van der Waals surface area contributed by atoms with Crippen LogP contribution in [0.15, 0.2) is 48.5 Å². The van der Waals surface area contributed by atoms with Crippen molar-refractivity contribution in [3.05, 3.63) is 64.7 Å². The van der Waals surface area contributed by atoms with Crippen molar-refractivity contribution in [2.75, 3.05) is 12.9 Å². The molecule has 0 heterocycles. The predicted molar refractivity (Wildman–Crippen MR) is 102 cm³/mol. The minimum atomic E-state index is -4.18. The van der Waals surface area contributed by atoms with Gasteiger partial charge in [-0.2, -0.15) is 0 Å². The van der Waals surface area contributed by atoms with Crippen LogP contribution in [0.2, 0.25) is 5.02 Å². The molecule has 2 atom stereocenters. The SMILES string of the molecule is C[C@H](Cc1ccc(OCP(=O)(O)O)cc1)NCC(O)c1cccc(Cl)c1. The number of halogens is 1. The summed E-state index contributed by atoms with van der Waals surface area (Å²) in [6.07, 6.45) is -0.535. The van der Waals surface area contributed by atoms with Crippen molar-refractivity contribution in [2.24, 2.45) is 0 Å². The molecule has 0 spiro atoms. The van der Waals surface area contributed by atoms with E-state index in [1.807, 2.05) is 25.1 Å². The number of rotatable bonds is 9. The highest BCUT2D eigenvalue weighted by atomic mass is 35.5. The summed E-state index contributed by atoms with van der Waals surface area (Å²) >= 11 is 5.93. The second kappa shape index (κ2) is 9.51. The van der Waals surface area contributed by atoms with Gasteiger partial charge in [0.15, 0.2) is 6.35 Å². The zero-order chi connectivity index (χ0) is 19.2. The number of aliphatic hydroxyl groups is 1. The molecule has 0 aliphatic carbocycles. The van der Waals surface area contributed by atoms with E-state index in [1.54, 1.807) is 30.3 Å². The van der Waals surface area contributed by atoms with Crippen LogP contribution >= 0.6 is 19.2 Å². The summed E-state index contributed by atoms with van der Waals surface area (Å²) in [6.45, 7) is 2.42. The molecule has 2 aromatic rings. The third kappa shape index (κ3) is 7.46. The van der Waals surface area contributed by atoms with Crippen LogP contribution in [0.25, 0.3) is 0 Å². The van der Waals surface area contributed by atoms with Crippen molar-refractivity contribution in [3.8, 4) is 5.75 Å². The fourth-order valence-corrected chi connectivity index (χ4v) is 2.97. The van der Waals surface area contributed by atoms with Gasteiger partial charge in [0.05, 0.1) is 6.10 Å². The lowest BCUT2D eigenvalue weighted by atomic mass is 10.1. The van der Waals surface area contributed by atoms with Gasteiger partial charge in [0.1, 0.15) is 5.75 Å². The van der Waals surface area contributed by atoms with E-state index in [-0.39, 0.29) is 6.04 Å². The number of hydrogen-bond acceptors (Lipinski definition) is 4. The summed E-state index contributed by atoms with van der Waals surface area (Å²) in [6, 6.07) is 14.3. The Hall–Kier alpha value is -1.40. The van der Waals surface area contributed by atoms with E-state index in [4.69, 9.17) is 26.1 Å². The number of hydrogen-bond donors (Lipinski definition) is 4. The van der Waals surface area contributed by atoms with Gasteiger partial charge < -0.3 is 24.9 Å². The maximum absolute atomic E-state index is 10.8. The first-order chi connectivity index (χ1) is 12.2. The van der Waals surface area contributed by atoms with Crippen LogP contribution in [0, 0.1) is 0 Å². The molecule has 0 aliphatic rings. The quantitative estimate of drug-likeness (QED) is 0.484. The Morgan fingerprint density at radius 1 is 1.19 bits per heavy atom. The molecule has 2 aromatic carbocycles. The third-order valence-electron chi connectivity index (χ3n) is 3.76. The Bertz CT molecular complexity index is 750. The standard InChI is InChI=1S/C18H23ClNO5P/c1-13(20-11-18(21)15-3-2-4-16(19)10-15)9-14-5-7-17(8-6-14)25-12-26(22,23)24/h2-8,10,13,18,20-21H,9,11-12H2,1H3,(H2,22,23,24)/t13-,18?/m1/s1. The predicted octanol–water partition coefficient (Wildman–Crippen LogP) is 3.11. The Labute approximate surface area is 157 Å². The van der Waals surface area contributed by atoms with Crippen LogP contribution in [-0.2, 0) is 11.0 Å². The number of nitrogens with one attached hydrogen (secondary N) is 1. The van der Waals surface area contributed by atoms with Gasteiger partial charge in [0, 0.05) is 17.6 Å². The number of benzene rings is 2. The van der Waals surface area contributed by atoms with Crippen molar-refractivity contribution in [1.29, 1.82) is 0 Å². The molecular formula is C18H23ClNO5P.